The van der Waals surface area contributed by atoms with Gasteiger partial charge in [-0.05, 0) is 0 Å². The van der Waals surface area contributed by atoms with Gasteiger partial charge in [0, 0.05) is 0 Å². The second-order valence-electron chi connectivity index (χ2n) is 1.96. The lowest BCUT2D eigenvalue weighted by molar-refractivity contribution is -0.0409. The zero-order chi connectivity index (χ0) is 10.2. The Morgan fingerprint density at radius 3 is 2.23 bits per heavy atom. The van der Waals surface area contributed by atoms with Crippen LogP contribution in [-0.4, -0.2) is 48.0 Å². The van der Waals surface area contributed by atoms with Crippen molar-refractivity contribution >= 4 is 12.2 Å². The Morgan fingerprint density at radius 2 is 1.85 bits per heavy atom. The molecule has 0 atom stereocenters. The van der Waals surface area contributed by atoms with E-state index < -0.39 is 12.5 Å². The van der Waals surface area contributed by atoms with E-state index in [0.29, 0.717) is 0 Å². The zero-order valence-corrected chi connectivity index (χ0v) is 6.63. The molecule has 7 nitrogen and oxygen atoms in total. The summed E-state index contributed by atoms with van der Waals surface area (Å²) in [5, 5.41) is 17.5. The highest BCUT2D eigenvalue weighted by Crippen LogP contribution is 2.06. The second-order valence-corrected chi connectivity index (χ2v) is 1.96. The van der Waals surface area contributed by atoms with Gasteiger partial charge in [-0.15, -0.1) is 9.98 Å². The number of aliphatic hydroxyl groups excluding tert-OH is 1. The van der Waals surface area contributed by atoms with Gasteiger partial charge in [0.15, 0.2) is 0 Å². The Labute approximate surface area is 73.4 Å². The first kappa shape index (κ1) is 11.6. The molecular formula is C6H8N2O5. The summed E-state index contributed by atoms with van der Waals surface area (Å²) in [7, 11) is 0. The maximum absolute atomic E-state index is 9.78. The van der Waals surface area contributed by atoms with E-state index in [9.17, 15) is 14.7 Å². The number of isocyanates is 2. The first-order valence-corrected chi connectivity index (χ1v) is 3.27. The molecule has 0 radical (unpaired) electrons. The topological polar surface area (TPSA) is 109 Å². The summed E-state index contributed by atoms with van der Waals surface area (Å²) in [6, 6.07) is 0. The van der Waals surface area contributed by atoms with Crippen LogP contribution in [0, 0.1) is 0 Å². The summed E-state index contributed by atoms with van der Waals surface area (Å²) in [4.78, 5) is 25.2. The van der Waals surface area contributed by atoms with Gasteiger partial charge in [-0.3, -0.25) is 0 Å². The van der Waals surface area contributed by atoms with E-state index in [0.717, 1.165) is 12.2 Å². The molecule has 0 rings (SSSR count). The maximum atomic E-state index is 9.78. The molecule has 0 aromatic rings. The Kier molecular flexibility index (Phi) is 5.54. The predicted octanol–water partition coefficient (Wildman–Crippen LogP) is -1.69. The first-order chi connectivity index (χ1) is 6.18. The SMILES string of the molecule is O=C=NC(O)(COCCO)N=C=O. The van der Waals surface area contributed by atoms with Crippen LogP contribution in [0.1, 0.15) is 0 Å². The molecule has 0 aliphatic carbocycles. The van der Waals surface area contributed by atoms with Crippen LogP contribution in [0.15, 0.2) is 9.98 Å². The van der Waals surface area contributed by atoms with Crippen LogP contribution in [-0.2, 0) is 14.3 Å². The normalized spacial score (nSPS) is 13.7. The van der Waals surface area contributed by atoms with Crippen LogP contribution in [0.25, 0.3) is 0 Å². The van der Waals surface area contributed by atoms with Gasteiger partial charge in [0.05, 0.1) is 13.2 Å². The van der Waals surface area contributed by atoms with Crippen molar-refractivity contribution in [2.75, 3.05) is 19.8 Å². The lowest BCUT2D eigenvalue weighted by Gasteiger charge is -2.13. The van der Waals surface area contributed by atoms with Crippen LogP contribution in [0.3, 0.4) is 0 Å². The number of hydrogen-bond acceptors (Lipinski definition) is 7. The van der Waals surface area contributed by atoms with Crippen molar-refractivity contribution in [1.29, 1.82) is 0 Å². The molecule has 0 unspecified atom stereocenters. The monoisotopic (exact) mass is 188 g/mol. The molecule has 0 bridgehead atoms. The molecule has 0 aromatic heterocycles. The lowest BCUT2D eigenvalue weighted by Crippen LogP contribution is -2.30. The number of aliphatic hydroxyl groups is 2. The van der Waals surface area contributed by atoms with Gasteiger partial charge in [-0.1, -0.05) is 0 Å². The molecule has 0 aliphatic heterocycles. The van der Waals surface area contributed by atoms with Crippen molar-refractivity contribution in [3.8, 4) is 0 Å². The summed E-state index contributed by atoms with van der Waals surface area (Å²) in [6.07, 6.45) is 2.06. The standard InChI is InChI=1S/C6H8N2O5/c9-1-2-13-3-6(12,7-4-10)8-5-11/h9,12H,1-3H2. The molecule has 0 saturated carbocycles. The molecule has 0 spiro atoms. The zero-order valence-electron chi connectivity index (χ0n) is 6.63. The van der Waals surface area contributed by atoms with Gasteiger partial charge < -0.3 is 14.9 Å². The largest absolute Gasteiger partial charge is 0.394 e. The highest BCUT2D eigenvalue weighted by Gasteiger charge is 2.25. The summed E-state index contributed by atoms with van der Waals surface area (Å²) in [5.74, 6) is -2.28. The fourth-order valence-electron chi connectivity index (χ4n) is 0.509. The highest BCUT2D eigenvalue weighted by atomic mass is 16.5. The van der Waals surface area contributed by atoms with E-state index in [4.69, 9.17) is 5.11 Å². The molecule has 13 heavy (non-hydrogen) atoms. The molecular weight excluding hydrogens is 180 g/mol. The average Bonchev–Trinajstić information content (AvgIpc) is 2.05. The van der Waals surface area contributed by atoms with Crippen LogP contribution >= 0.6 is 0 Å². The third-order valence-electron chi connectivity index (χ3n) is 0.981. The van der Waals surface area contributed by atoms with Crippen molar-refractivity contribution in [3.05, 3.63) is 0 Å². The molecule has 0 aliphatic rings. The van der Waals surface area contributed by atoms with Crippen LogP contribution < -0.4 is 0 Å². The molecule has 0 amide bonds. The number of hydrogen-bond donors (Lipinski definition) is 2. The summed E-state index contributed by atoms with van der Waals surface area (Å²) >= 11 is 0. The van der Waals surface area contributed by atoms with Gasteiger partial charge >= 0.3 is 0 Å². The Morgan fingerprint density at radius 1 is 1.31 bits per heavy atom. The van der Waals surface area contributed by atoms with Gasteiger partial charge in [0.25, 0.3) is 5.85 Å². The molecule has 2 N–H and O–H groups in total. The highest BCUT2D eigenvalue weighted by molar-refractivity contribution is 5.37. The smallest absolute Gasteiger partial charge is 0.299 e. The van der Waals surface area contributed by atoms with Gasteiger partial charge in [-0.2, -0.15) is 0 Å². The summed E-state index contributed by atoms with van der Waals surface area (Å²) < 4.78 is 4.61. The quantitative estimate of drug-likeness (QED) is 0.294. The Hall–Kier alpha value is -1.36. The number of aliphatic imine (C=N–C) groups is 2. The molecule has 0 aromatic carbocycles. The molecule has 0 fully saturated rings. The Balaban J connectivity index is 4.23. The van der Waals surface area contributed by atoms with Crippen molar-refractivity contribution < 1.29 is 24.5 Å². The minimum absolute atomic E-state index is 0.0644. The third-order valence-corrected chi connectivity index (χ3v) is 0.981. The molecule has 0 heterocycles. The van der Waals surface area contributed by atoms with E-state index in [2.05, 4.69) is 14.7 Å². The molecule has 72 valence electrons. The minimum atomic E-state index is -2.28. The maximum Gasteiger partial charge on any atom is 0.299 e. The van der Waals surface area contributed by atoms with E-state index in [1.807, 2.05) is 0 Å². The van der Waals surface area contributed by atoms with Crippen molar-refractivity contribution in [2.24, 2.45) is 9.98 Å². The number of carbonyl (C=O) groups excluding carboxylic acids is 2. The van der Waals surface area contributed by atoms with Crippen molar-refractivity contribution in [2.45, 2.75) is 5.85 Å². The fraction of sp³-hybridized carbons (Fsp3) is 0.667. The number of ether oxygens (including phenoxy) is 1. The van der Waals surface area contributed by atoms with Crippen LogP contribution in [0.5, 0.6) is 0 Å². The summed E-state index contributed by atoms with van der Waals surface area (Å²) in [6.45, 7) is -0.839. The van der Waals surface area contributed by atoms with E-state index in [1.54, 1.807) is 0 Å². The minimum Gasteiger partial charge on any atom is -0.394 e. The predicted molar refractivity (Wildman–Crippen MR) is 39.1 cm³/mol. The van der Waals surface area contributed by atoms with Crippen molar-refractivity contribution in [3.63, 3.8) is 0 Å². The van der Waals surface area contributed by atoms with Gasteiger partial charge in [0.1, 0.15) is 6.61 Å². The third kappa shape index (κ3) is 4.97. The lowest BCUT2D eigenvalue weighted by atomic mass is 10.5. The number of nitrogens with zero attached hydrogens (tertiary/aromatic N) is 2. The average molecular weight is 188 g/mol. The Bertz CT molecular complexity index is 223. The van der Waals surface area contributed by atoms with Crippen LogP contribution in [0.4, 0.5) is 0 Å². The van der Waals surface area contributed by atoms with E-state index >= 15 is 0 Å². The number of rotatable bonds is 6. The van der Waals surface area contributed by atoms with Gasteiger partial charge in [-0.25, -0.2) is 9.59 Å². The first-order valence-electron chi connectivity index (χ1n) is 3.27. The van der Waals surface area contributed by atoms with Crippen LogP contribution in [0.2, 0.25) is 0 Å². The summed E-state index contributed by atoms with van der Waals surface area (Å²) in [5.41, 5.74) is 0. The van der Waals surface area contributed by atoms with E-state index in [-0.39, 0.29) is 13.2 Å². The van der Waals surface area contributed by atoms with Crippen molar-refractivity contribution in [1.82, 2.24) is 0 Å². The molecule has 7 heteroatoms. The fourth-order valence-corrected chi connectivity index (χ4v) is 0.509. The van der Waals surface area contributed by atoms with Gasteiger partial charge in [0.2, 0.25) is 12.2 Å². The second kappa shape index (κ2) is 6.19. The van der Waals surface area contributed by atoms with E-state index in [1.165, 1.54) is 0 Å². The molecule has 0 saturated heterocycles.